The number of nitrogens with one attached hydrogen (secondary N) is 2. The summed E-state index contributed by atoms with van der Waals surface area (Å²) in [6.07, 6.45) is 3.00. The predicted molar refractivity (Wildman–Crippen MR) is 73.1 cm³/mol. The van der Waals surface area contributed by atoms with Crippen LogP contribution in [0.25, 0.3) is 0 Å². The van der Waals surface area contributed by atoms with E-state index in [4.69, 9.17) is 5.11 Å². The lowest BCUT2D eigenvalue weighted by Gasteiger charge is -2.24. The zero-order valence-electron chi connectivity index (χ0n) is 11.8. The highest BCUT2D eigenvalue weighted by Gasteiger charge is 2.18. The molecule has 0 bridgehead atoms. The molecule has 110 valence electrons. The maximum absolute atomic E-state index is 11.6. The zero-order chi connectivity index (χ0) is 14.3. The van der Waals surface area contributed by atoms with Crippen LogP contribution in [0.2, 0.25) is 0 Å². The summed E-state index contributed by atoms with van der Waals surface area (Å²) in [5.74, 6) is -0.836. The monoisotopic (exact) mass is 271 g/mol. The number of aliphatic carboxylic acids is 1. The lowest BCUT2D eigenvalue weighted by molar-refractivity contribution is -0.137. The molecule has 1 saturated heterocycles. The number of urea groups is 1. The van der Waals surface area contributed by atoms with Crippen LogP contribution in [0.5, 0.6) is 0 Å². The fraction of sp³-hybridized carbons (Fsp3) is 0.846. The van der Waals surface area contributed by atoms with Gasteiger partial charge in [-0.1, -0.05) is 0 Å². The lowest BCUT2D eigenvalue weighted by Crippen LogP contribution is -2.46. The van der Waals surface area contributed by atoms with Gasteiger partial charge >= 0.3 is 12.0 Å². The third kappa shape index (κ3) is 6.42. The van der Waals surface area contributed by atoms with Crippen LogP contribution in [0.15, 0.2) is 0 Å². The first-order chi connectivity index (χ1) is 8.99. The van der Waals surface area contributed by atoms with Crippen molar-refractivity contribution in [2.75, 3.05) is 19.6 Å². The number of amides is 2. The summed E-state index contributed by atoms with van der Waals surface area (Å²) in [5.41, 5.74) is 0. The maximum atomic E-state index is 11.6. The standard InChI is InChI=1S/C13H25N3O3/c1-10(5-6-12(17)18)15-13(19)14-9-11(2)16-7-3-4-8-16/h10-11H,3-9H2,1-2H3,(H,17,18)(H2,14,15,19). The molecule has 6 nitrogen and oxygen atoms in total. The third-order valence-electron chi connectivity index (χ3n) is 3.49. The third-order valence-corrected chi connectivity index (χ3v) is 3.49. The van der Waals surface area contributed by atoms with Crippen LogP contribution in [0.3, 0.4) is 0 Å². The number of carbonyl (C=O) groups is 2. The minimum absolute atomic E-state index is 0.0750. The average molecular weight is 271 g/mol. The van der Waals surface area contributed by atoms with Crippen LogP contribution in [-0.4, -0.2) is 53.7 Å². The van der Waals surface area contributed by atoms with Gasteiger partial charge in [-0.25, -0.2) is 4.79 Å². The van der Waals surface area contributed by atoms with Gasteiger partial charge in [0, 0.05) is 25.0 Å². The Kier molecular flexibility index (Phi) is 6.62. The molecule has 6 heteroatoms. The molecule has 0 spiro atoms. The van der Waals surface area contributed by atoms with Gasteiger partial charge in [-0.05, 0) is 46.2 Å². The number of nitrogens with zero attached hydrogens (tertiary/aromatic N) is 1. The Bertz CT molecular complexity index is 304. The van der Waals surface area contributed by atoms with E-state index in [1.807, 2.05) is 6.92 Å². The topological polar surface area (TPSA) is 81.7 Å². The van der Waals surface area contributed by atoms with E-state index in [9.17, 15) is 9.59 Å². The van der Waals surface area contributed by atoms with Crippen LogP contribution < -0.4 is 10.6 Å². The van der Waals surface area contributed by atoms with Crippen molar-refractivity contribution in [2.24, 2.45) is 0 Å². The van der Waals surface area contributed by atoms with Gasteiger partial charge in [0.2, 0.25) is 0 Å². The number of carbonyl (C=O) groups excluding carboxylic acids is 1. The molecule has 3 N–H and O–H groups in total. The molecule has 1 aliphatic rings. The average Bonchev–Trinajstić information content (AvgIpc) is 2.87. The molecule has 1 rings (SSSR count). The molecule has 0 aromatic heterocycles. The maximum Gasteiger partial charge on any atom is 0.315 e. The second-order valence-corrected chi connectivity index (χ2v) is 5.28. The Hall–Kier alpha value is -1.30. The van der Waals surface area contributed by atoms with Crippen molar-refractivity contribution in [3.63, 3.8) is 0 Å². The normalized spacial score (nSPS) is 18.8. The van der Waals surface area contributed by atoms with Crippen molar-refractivity contribution in [2.45, 2.75) is 51.6 Å². The summed E-state index contributed by atoms with van der Waals surface area (Å²) in [6.45, 7) is 6.77. The number of rotatable bonds is 7. The van der Waals surface area contributed by atoms with E-state index in [-0.39, 0.29) is 18.5 Å². The molecule has 0 radical (unpaired) electrons. The summed E-state index contributed by atoms with van der Waals surface area (Å²) in [6, 6.07) is 0.00436. The second kappa shape index (κ2) is 7.99. The van der Waals surface area contributed by atoms with Gasteiger partial charge < -0.3 is 15.7 Å². The van der Waals surface area contributed by atoms with Crippen LogP contribution in [0, 0.1) is 0 Å². The number of likely N-dealkylation sites (tertiary alicyclic amines) is 1. The SMILES string of the molecule is CC(CCC(=O)O)NC(=O)NCC(C)N1CCCC1. The highest BCUT2D eigenvalue weighted by atomic mass is 16.4. The first-order valence-electron chi connectivity index (χ1n) is 6.99. The molecular weight excluding hydrogens is 246 g/mol. The number of carboxylic acids is 1. The van der Waals surface area contributed by atoms with E-state index in [1.54, 1.807) is 0 Å². The van der Waals surface area contributed by atoms with Gasteiger partial charge in [-0.15, -0.1) is 0 Å². The molecule has 0 saturated carbocycles. The fourth-order valence-corrected chi connectivity index (χ4v) is 2.24. The Balaban J connectivity index is 2.14. The highest BCUT2D eigenvalue weighted by Crippen LogP contribution is 2.10. The molecule has 1 heterocycles. The number of hydrogen-bond donors (Lipinski definition) is 3. The Labute approximate surface area is 114 Å². The zero-order valence-corrected chi connectivity index (χ0v) is 11.8. The van der Waals surface area contributed by atoms with Gasteiger partial charge in [-0.3, -0.25) is 9.69 Å². The van der Waals surface area contributed by atoms with Gasteiger partial charge in [0.1, 0.15) is 0 Å². The molecule has 2 amide bonds. The van der Waals surface area contributed by atoms with E-state index >= 15 is 0 Å². The van der Waals surface area contributed by atoms with Crippen LogP contribution >= 0.6 is 0 Å². The largest absolute Gasteiger partial charge is 0.481 e. The smallest absolute Gasteiger partial charge is 0.315 e. The van der Waals surface area contributed by atoms with Crippen molar-refractivity contribution >= 4 is 12.0 Å². The van der Waals surface area contributed by atoms with Crippen molar-refractivity contribution < 1.29 is 14.7 Å². The summed E-state index contributed by atoms with van der Waals surface area (Å²) in [5, 5.41) is 14.1. The quantitative estimate of drug-likeness (QED) is 0.646. The molecule has 1 fully saturated rings. The first kappa shape index (κ1) is 15.8. The molecule has 19 heavy (non-hydrogen) atoms. The van der Waals surface area contributed by atoms with Crippen LogP contribution in [-0.2, 0) is 4.79 Å². The van der Waals surface area contributed by atoms with Crippen molar-refractivity contribution in [1.82, 2.24) is 15.5 Å². The van der Waals surface area contributed by atoms with Gasteiger partial charge in [0.15, 0.2) is 0 Å². The summed E-state index contributed by atoms with van der Waals surface area (Å²) in [7, 11) is 0. The lowest BCUT2D eigenvalue weighted by atomic mass is 10.2. The molecule has 0 aromatic carbocycles. The van der Waals surface area contributed by atoms with Crippen molar-refractivity contribution in [3.8, 4) is 0 Å². The Morgan fingerprint density at radius 1 is 1.26 bits per heavy atom. The molecule has 0 aliphatic carbocycles. The van der Waals surface area contributed by atoms with Gasteiger partial charge in [-0.2, -0.15) is 0 Å². The minimum atomic E-state index is -0.836. The van der Waals surface area contributed by atoms with E-state index in [0.717, 1.165) is 13.1 Å². The molecule has 0 aromatic rings. The molecule has 1 aliphatic heterocycles. The van der Waals surface area contributed by atoms with Crippen molar-refractivity contribution in [3.05, 3.63) is 0 Å². The molecular formula is C13H25N3O3. The van der Waals surface area contributed by atoms with E-state index in [1.165, 1.54) is 12.8 Å². The van der Waals surface area contributed by atoms with E-state index in [0.29, 0.717) is 19.0 Å². The predicted octanol–water partition coefficient (Wildman–Crippen LogP) is 1.02. The summed E-state index contributed by atoms with van der Waals surface area (Å²) in [4.78, 5) is 24.4. The summed E-state index contributed by atoms with van der Waals surface area (Å²) < 4.78 is 0. The van der Waals surface area contributed by atoms with E-state index < -0.39 is 5.97 Å². The van der Waals surface area contributed by atoms with E-state index in [2.05, 4.69) is 22.5 Å². The van der Waals surface area contributed by atoms with Crippen LogP contribution in [0.1, 0.15) is 39.5 Å². The van der Waals surface area contributed by atoms with Crippen molar-refractivity contribution in [1.29, 1.82) is 0 Å². The number of hydrogen-bond acceptors (Lipinski definition) is 3. The van der Waals surface area contributed by atoms with Crippen LogP contribution in [0.4, 0.5) is 4.79 Å². The molecule has 2 unspecified atom stereocenters. The first-order valence-corrected chi connectivity index (χ1v) is 6.99. The highest BCUT2D eigenvalue weighted by molar-refractivity contribution is 5.74. The summed E-state index contributed by atoms with van der Waals surface area (Å²) >= 11 is 0. The second-order valence-electron chi connectivity index (χ2n) is 5.28. The number of carboxylic acid groups (broad SMARTS) is 1. The van der Waals surface area contributed by atoms with Gasteiger partial charge in [0.05, 0.1) is 0 Å². The Morgan fingerprint density at radius 3 is 2.47 bits per heavy atom. The van der Waals surface area contributed by atoms with Gasteiger partial charge in [0.25, 0.3) is 0 Å². The molecule has 2 atom stereocenters. The minimum Gasteiger partial charge on any atom is -0.481 e. The Morgan fingerprint density at radius 2 is 1.89 bits per heavy atom. The fourth-order valence-electron chi connectivity index (χ4n) is 2.24.